The van der Waals surface area contributed by atoms with Crippen LogP contribution >= 0.6 is 7.60 Å². The molecule has 3 aromatic rings. The summed E-state index contributed by atoms with van der Waals surface area (Å²) in [5.41, 5.74) is 1.89. The molecule has 0 bridgehead atoms. The van der Waals surface area contributed by atoms with E-state index in [1.165, 1.54) is 0 Å². The van der Waals surface area contributed by atoms with Gasteiger partial charge in [0, 0.05) is 28.6 Å². The lowest BCUT2D eigenvalue weighted by molar-refractivity contribution is -0.172. The number of ether oxygens (including phenoxy) is 2. The van der Waals surface area contributed by atoms with Gasteiger partial charge in [-0.05, 0) is 58.6 Å². The van der Waals surface area contributed by atoms with Crippen molar-refractivity contribution in [2.75, 3.05) is 33.7 Å². The Labute approximate surface area is 232 Å². The molecule has 1 N–H and O–H groups in total. The zero-order valence-corrected chi connectivity index (χ0v) is 24.2. The van der Waals surface area contributed by atoms with Gasteiger partial charge in [0.2, 0.25) is 0 Å². The molecule has 214 valence electrons. The molecule has 0 saturated heterocycles. The van der Waals surface area contributed by atoms with E-state index in [1.807, 2.05) is 31.1 Å². The second-order valence-corrected chi connectivity index (χ2v) is 12.2. The van der Waals surface area contributed by atoms with Crippen molar-refractivity contribution in [3.8, 4) is 17.1 Å². The average Bonchev–Trinajstić information content (AvgIpc) is 3.27. The fourth-order valence-corrected chi connectivity index (χ4v) is 6.67. The lowest BCUT2D eigenvalue weighted by Gasteiger charge is -2.31. The highest BCUT2D eigenvalue weighted by atomic mass is 31.2. The van der Waals surface area contributed by atoms with Gasteiger partial charge in [0.1, 0.15) is 12.4 Å². The quantitative estimate of drug-likeness (QED) is 0.222. The zero-order valence-electron chi connectivity index (χ0n) is 23.4. The number of hydrogen-bond acceptors (Lipinski definition) is 10. The molecule has 2 aromatic heterocycles. The first-order valence-corrected chi connectivity index (χ1v) is 15.1. The van der Waals surface area contributed by atoms with Gasteiger partial charge in [-0.2, -0.15) is 0 Å². The minimum Gasteiger partial charge on any atom is -0.481 e. The molecule has 2 aliphatic rings. The topological polar surface area (TPSA) is 129 Å². The third-order valence-electron chi connectivity index (χ3n) is 7.26. The molecular weight excluding hydrogens is 537 g/mol. The Morgan fingerprint density at radius 2 is 1.88 bits per heavy atom. The molecule has 0 spiro atoms. The van der Waals surface area contributed by atoms with Gasteiger partial charge in [0.05, 0.1) is 42.2 Å². The van der Waals surface area contributed by atoms with E-state index in [4.69, 9.17) is 23.5 Å². The number of cyclic esters (lactones) is 1. The van der Waals surface area contributed by atoms with E-state index in [2.05, 4.69) is 0 Å². The number of rotatable bonds is 10. The van der Waals surface area contributed by atoms with Crippen LogP contribution in [0.5, 0.6) is 5.75 Å². The summed E-state index contributed by atoms with van der Waals surface area (Å²) in [5.74, 6) is -0.218. The van der Waals surface area contributed by atoms with Crippen LogP contribution in [0, 0.1) is 0 Å². The van der Waals surface area contributed by atoms with Crippen LogP contribution in [0.2, 0.25) is 0 Å². The van der Waals surface area contributed by atoms with Crippen LogP contribution < -0.4 is 10.3 Å². The van der Waals surface area contributed by atoms with Gasteiger partial charge in [-0.3, -0.25) is 9.36 Å². The Hall–Kier alpha value is -3.08. The summed E-state index contributed by atoms with van der Waals surface area (Å²) in [5, 5.41) is 11.9. The Morgan fingerprint density at radius 1 is 1.15 bits per heavy atom. The molecule has 0 amide bonds. The lowest BCUT2D eigenvalue weighted by Crippen LogP contribution is -2.44. The van der Waals surface area contributed by atoms with E-state index in [9.17, 15) is 19.3 Å². The van der Waals surface area contributed by atoms with E-state index in [-0.39, 0.29) is 55.8 Å². The van der Waals surface area contributed by atoms with Crippen LogP contribution in [0.4, 0.5) is 0 Å². The van der Waals surface area contributed by atoms with Crippen LogP contribution in [0.15, 0.2) is 29.1 Å². The number of carbonyl (C=O) groups excluding carboxylic acids is 1. The van der Waals surface area contributed by atoms with Crippen molar-refractivity contribution in [3.63, 3.8) is 0 Å². The number of esters is 1. The molecule has 0 aliphatic carbocycles. The summed E-state index contributed by atoms with van der Waals surface area (Å²) in [6, 6.07) is 7.29. The van der Waals surface area contributed by atoms with Crippen molar-refractivity contribution in [2.24, 2.45) is 0 Å². The Kier molecular flexibility index (Phi) is 7.62. The van der Waals surface area contributed by atoms with Gasteiger partial charge in [-0.25, -0.2) is 9.78 Å². The number of hydrogen-bond donors (Lipinski definition) is 1. The second kappa shape index (κ2) is 10.7. The number of aromatic nitrogens is 2. The summed E-state index contributed by atoms with van der Waals surface area (Å²) in [6.45, 7) is 6.27. The minimum absolute atomic E-state index is 0.0793. The van der Waals surface area contributed by atoms with Gasteiger partial charge in [-0.1, -0.05) is 6.92 Å². The highest BCUT2D eigenvalue weighted by Crippen LogP contribution is 2.48. The molecule has 4 heterocycles. The summed E-state index contributed by atoms with van der Waals surface area (Å²) in [4.78, 5) is 32.8. The Bertz CT molecular complexity index is 1590. The number of fused-ring (bicyclic) bond motifs is 5. The van der Waals surface area contributed by atoms with Gasteiger partial charge in [-0.15, -0.1) is 0 Å². The summed E-state index contributed by atoms with van der Waals surface area (Å²) in [6.07, 6.45) is -0.150. The van der Waals surface area contributed by atoms with E-state index in [1.54, 1.807) is 37.5 Å². The highest BCUT2D eigenvalue weighted by molar-refractivity contribution is 7.53. The predicted molar refractivity (Wildman–Crippen MR) is 148 cm³/mol. The molecule has 11 nitrogen and oxygen atoms in total. The molecular formula is C28H34N3O8P. The fraction of sp³-hybridized carbons (Fsp3) is 0.464. The monoisotopic (exact) mass is 571 g/mol. The molecule has 1 aromatic carbocycles. The fourth-order valence-electron chi connectivity index (χ4n) is 5.36. The maximum atomic E-state index is 13.5. The van der Waals surface area contributed by atoms with E-state index < -0.39 is 19.2 Å². The third kappa shape index (κ3) is 4.76. The first-order chi connectivity index (χ1) is 19.0. The van der Waals surface area contributed by atoms with Crippen molar-refractivity contribution in [3.05, 3.63) is 56.9 Å². The molecule has 5 rings (SSSR count). The SMILES string of the molecule is CCOP(=O)(COc1ccc2nc3c(cc2c1CN(C)C)Cn1c-3cc2c(c1=O)COC(=O)[C@]2(O)CC)OCC. The Morgan fingerprint density at radius 3 is 2.52 bits per heavy atom. The first kappa shape index (κ1) is 28.4. The summed E-state index contributed by atoms with van der Waals surface area (Å²) in [7, 11) is 0.445. The third-order valence-corrected chi connectivity index (χ3v) is 9.01. The number of pyridine rings is 2. The van der Waals surface area contributed by atoms with Crippen LogP contribution in [0.25, 0.3) is 22.3 Å². The minimum atomic E-state index is -3.43. The second-order valence-electron chi connectivity index (χ2n) is 10.2. The van der Waals surface area contributed by atoms with Crippen molar-refractivity contribution in [1.29, 1.82) is 0 Å². The summed E-state index contributed by atoms with van der Waals surface area (Å²) >= 11 is 0. The molecule has 0 fully saturated rings. The van der Waals surface area contributed by atoms with E-state index in [0.29, 0.717) is 29.2 Å². The van der Waals surface area contributed by atoms with Crippen LogP contribution in [-0.4, -0.2) is 59.2 Å². The van der Waals surface area contributed by atoms with Gasteiger partial charge >= 0.3 is 13.6 Å². The van der Waals surface area contributed by atoms with E-state index >= 15 is 0 Å². The van der Waals surface area contributed by atoms with Crippen molar-refractivity contribution >= 4 is 24.5 Å². The molecule has 2 aliphatic heterocycles. The van der Waals surface area contributed by atoms with Crippen molar-refractivity contribution < 1.29 is 33.0 Å². The molecule has 1 atom stereocenters. The Balaban J connectivity index is 1.61. The van der Waals surface area contributed by atoms with Crippen LogP contribution in [0.1, 0.15) is 49.4 Å². The maximum Gasteiger partial charge on any atom is 0.367 e. The number of benzene rings is 1. The predicted octanol–water partition coefficient (Wildman–Crippen LogP) is 3.74. The van der Waals surface area contributed by atoms with Gasteiger partial charge < -0.3 is 33.1 Å². The number of nitrogens with zero attached hydrogens (tertiary/aromatic N) is 3. The van der Waals surface area contributed by atoms with E-state index in [0.717, 1.165) is 16.5 Å². The standard InChI is InChI=1S/C28H34N3O8P/c1-6-28(34)21-12-23-25-17(13-31(23)26(32)20(21)15-36-27(28)33)11-18-19(14-30(4)5)24(10-9-22(18)29-25)37-16-40(35,38-7-2)39-8-3/h9-12,34H,6-8,13-16H2,1-5H3/t28-/m0/s1. The molecule has 12 heteroatoms. The largest absolute Gasteiger partial charge is 0.481 e. The van der Waals surface area contributed by atoms with Crippen molar-refractivity contribution in [2.45, 2.75) is 52.5 Å². The van der Waals surface area contributed by atoms with Gasteiger partial charge in [0.25, 0.3) is 5.56 Å². The van der Waals surface area contributed by atoms with Crippen molar-refractivity contribution in [1.82, 2.24) is 14.5 Å². The number of carbonyl (C=O) groups is 1. The van der Waals surface area contributed by atoms with Crippen LogP contribution in [-0.2, 0) is 48.4 Å². The maximum absolute atomic E-state index is 13.5. The highest BCUT2D eigenvalue weighted by Gasteiger charge is 2.45. The smallest absolute Gasteiger partial charge is 0.367 e. The lowest BCUT2D eigenvalue weighted by atomic mass is 9.86. The zero-order chi connectivity index (χ0) is 28.8. The van der Waals surface area contributed by atoms with Crippen LogP contribution in [0.3, 0.4) is 0 Å². The molecule has 0 unspecified atom stereocenters. The van der Waals surface area contributed by atoms with Gasteiger partial charge in [0.15, 0.2) is 11.9 Å². The number of aliphatic hydroxyl groups is 1. The molecule has 0 radical (unpaired) electrons. The molecule has 0 saturated carbocycles. The molecule has 40 heavy (non-hydrogen) atoms. The average molecular weight is 572 g/mol. The first-order valence-electron chi connectivity index (χ1n) is 13.3. The summed E-state index contributed by atoms with van der Waals surface area (Å²) < 4.78 is 36.6. The normalized spacial score (nSPS) is 18.0.